The molecule has 0 saturated carbocycles. The Morgan fingerprint density at radius 1 is 1.15 bits per heavy atom. The fraction of sp³-hybridized carbons (Fsp3) is 0.417. The molecule has 4 aromatic rings. The summed E-state index contributed by atoms with van der Waals surface area (Å²) in [7, 11) is 1.66. The fourth-order valence-corrected chi connectivity index (χ4v) is 6.76. The highest BCUT2D eigenvalue weighted by molar-refractivity contribution is 7.13. The van der Waals surface area contributed by atoms with E-state index in [2.05, 4.69) is 20.0 Å². The molecule has 8 nitrogen and oxygen atoms in total. The first-order chi connectivity index (χ1) is 16.4. The molecule has 10 heteroatoms. The molecule has 34 heavy (non-hydrogen) atoms. The number of nitrogens with zero attached hydrogens (tertiary/aromatic N) is 6. The first kappa shape index (κ1) is 21.8. The number of hydrogen-bond acceptors (Lipinski definition) is 8. The molecule has 0 radical (unpaired) electrons. The topological polar surface area (TPSA) is 94.5 Å². The molecule has 1 aliphatic heterocycles. The van der Waals surface area contributed by atoms with Crippen LogP contribution in [0, 0.1) is 19.3 Å². The number of thiazole rings is 1. The minimum Gasteiger partial charge on any atom is -0.473 e. The monoisotopic (exact) mass is 495 g/mol. The van der Waals surface area contributed by atoms with Gasteiger partial charge in [0.05, 0.1) is 41.1 Å². The van der Waals surface area contributed by atoms with E-state index in [4.69, 9.17) is 27.1 Å². The van der Waals surface area contributed by atoms with E-state index < -0.39 is 0 Å². The number of methoxy groups -OCH3 is 1. The molecule has 0 bridgehead atoms. The van der Waals surface area contributed by atoms with Gasteiger partial charge in [0.15, 0.2) is 5.82 Å². The lowest BCUT2D eigenvalue weighted by Gasteiger charge is -2.42. The number of fused-ring (bicyclic) bond motifs is 2. The van der Waals surface area contributed by atoms with Crippen LogP contribution in [0.3, 0.4) is 0 Å². The molecule has 0 amide bonds. The number of rotatable bonds is 3. The summed E-state index contributed by atoms with van der Waals surface area (Å²) >= 11 is 8.21. The lowest BCUT2D eigenvalue weighted by atomic mass is 9.74. The lowest BCUT2D eigenvalue weighted by Crippen LogP contribution is -2.44. The van der Waals surface area contributed by atoms with Gasteiger partial charge >= 0.3 is 0 Å². The van der Waals surface area contributed by atoms with Crippen molar-refractivity contribution in [2.75, 3.05) is 25.1 Å². The van der Waals surface area contributed by atoms with Gasteiger partial charge in [-0.3, -0.25) is 4.98 Å². The Balaban J connectivity index is 1.31. The smallest absolute Gasteiger partial charge is 0.273 e. The molecule has 2 aliphatic rings. The number of halogens is 1. The second-order valence-corrected chi connectivity index (χ2v) is 10.6. The van der Waals surface area contributed by atoms with Gasteiger partial charge in [0.1, 0.15) is 5.52 Å². The van der Waals surface area contributed by atoms with Crippen molar-refractivity contribution in [3.05, 3.63) is 51.5 Å². The van der Waals surface area contributed by atoms with Crippen molar-refractivity contribution in [2.45, 2.75) is 39.2 Å². The van der Waals surface area contributed by atoms with Crippen molar-refractivity contribution in [1.82, 2.24) is 24.6 Å². The number of anilines is 1. The normalized spacial score (nSPS) is 19.2. The van der Waals surface area contributed by atoms with Crippen LogP contribution in [0.4, 0.5) is 5.82 Å². The average molecular weight is 496 g/mol. The molecule has 1 aliphatic carbocycles. The highest BCUT2D eigenvalue weighted by atomic mass is 35.5. The summed E-state index contributed by atoms with van der Waals surface area (Å²) in [5, 5.41) is 5.97. The van der Waals surface area contributed by atoms with Crippen LogP contribution < -0.4 is 15.4 Å². The van der Waals surface area contributed by atoms with E-state index >= 15 is 0 Å². The van der Waals surface area contributed by atoms with Gasteiger partial charge in [-0.2, -0.15) is 5.10 Å². The number of aromatic nitrogens is 5. The third kappa shape index (κ3) is 3.14. The number of piperidine rings is 1. The number of aryl methyl sites for hydroxylation is 2. The van der Waals surface area contributed by atoms with Gasteiger partial charge in [-0.15, -0.1) is 0 Å². The average Bonchev–Trinajstić information content (AvgIpc) is 3.53. The Bertz CT molecular complexity index is 1410. The van der Waals surface area contributed by atoms with Crippen LogP contribution in [0.2, 0.25) is 5.02 Å². The molecule has 1 spiro atoms. The molecule has 176 valence electrons. The minimum absolute atomic E-state index is 0.00942. The maximum Gasteiger partial charge on any atom is 0.273 e. The summed E-state index contributed by atoms with van der Waals surface area (Å²) in [6, 6.07) is 3.95. The summed E-state index contributed by atoms with van der Waals surface area (Å²) in [5.74, 6) is 0.955. The second kappa shape index (κ2) is 7.90. The maximum atomic E-state index is 6.77. The van der Waals surface area contributed by atoms with Crippen molar-refractivity contribution in [3.63, 3.8) is 0 Å². The molecule has 5 heterocycles. The maximum absolute atomic E-state index is 6.77. The minimum atomic E-state index is 0.00942. The van der Waals surface area contributed by atoms with Gasteiger partial charge in [-0.1, -0.05) is 22.9 Å². The fourth-order valence-electron chi connectivity index (χ4n) is 5.52. The lowest BCUT2D eigenvalue weighted by molar-refractivity contribution is 0.187. The Kier molecular flexibility index (Phi) is 5.05. The first-order valence-electron chi connectivity index (χ1n) is 11.4. The highest BCUT2D eigenvalue weighted by Crippen LogP contribution is 2.53. The standard InChI is InChI=1S/C24H26ClN7OS/c1-13-18(25)15(4-8-27-13)19-14(2)29-22(17-5-9-28-32(17)19)31-10-6-24(7-11-31)12-16-20(21(24)26)34-23(30-16)33-3/h4-5,8-9,21H,6-7,10-12,26H2,1-3H3/t21-/m1/s1. The summed E-state index contributed by atoms with van der Waals surface area (Å²) in [4.78, 5) is 17.6. The third-order valence-corrected chi connectivity index (χ3v) is 9.04. The van der Waals surface area contributed by atoms with E-state index in [0.29, 0.717) is 10.2 Å². The zero-order valence-corrected chi connectivity index (χ0v) is 20.9. The first-order valence-corrected chi connectivity index (χ1v) is 12.6. The summed E-state index contributed by atoms with van der Waals surface area (Å²) in [6.07, 6.45) is 6.51. The molecular weight excluding hydrogens is 470 g/mol. The Hall–Kier alpha value is -2.75. The Labute approximate surface area is 206 Å². The third-order valence-electron chi connectivity index (χ3n) is 7.42. The predicted octanol–water partition coefficient (Wildman–Crippen LogP) is 4.37. The Morgan fingerprint density at radius 3 is 2.68 bits per heavy atom. The second-order valence-electron chi connectivity index (χ2n) is 9.25. The van der Waals surface area contributed by atoms with Crippen LogP contribution in [0.1, 0.15) is 40.8 Å². The van der Waals surface area contributed by atoms with Gasteiger partial charge in [-0.25, -0.2) is 14.5 Å². The molecule has 6 rings (SSSR count). The summed E-state index contributed by atoms with van der Waals surface area (Å²) < 4.78 is 7.28. The van der Waals surface area contributed by atoms with E-state index in [-0.39, 0.29) is 11.5 Å². The van der Waals surface area contributed by atoms with E-state index in [9.17, 15) is 0 Å². The SMILES string of the molecule is COc1nc2c(s1)[C@@H](N)C1(CCN(c3nc(C)c(-c4ccnc(C)c4Cl)n4nccc34)CC1)C2. The largest absolute Gasteiger partial charge is 0.473 e. The van der Waals surface area contributed by atoms with E-state index in [0.717, 1.165) is 72.0 Å². The van der Waals surface area contributed by atoms with Crippen LogP contribution in [-0.2, 0) is 6.42 Å². The van der Waals surface area contributed by atoms with Crippen molar-refractivity contribution < 1.29 is 4.74 Å². The number of ether oxygens (including phenoxy) is 1. The van der Waals surface area contributed by atoms with Gasteiger partial charge in [0.2, 0.25) is 0 Å². The highest BCUT2D eigenvalue weighted by Gasteiger charge is 2.48. The van der Waals surface area contributed by atoms with Crippen LogP contribution in [-0.4, -0.2) is 44.8 Å². The molecule has 1 fully saturated rings. The predicted molar refractivity (Wildman–Crippen MR) is 134 cm³/mol. The zero-order valence-electron chi connectivity index (χ0n) is 19.4. The number of hydrogen-bond donors (Lipinski definition) is 1. The Morgan fingerprint density at radius 2 is 1.94 bits per heavy atom. The van der Waals surface area contributed by atoms with Crippen molar-refractivity contribution in [2.24, 2.45) is 11.1 Å². The summed E-state index contributed by atoms with van der Waals surface area (Å²) in [6.45, 7) is 5.70. The van der Waals surface area contributed by atoms with Crippen LogP contribution >= 0.6 is 22.9 Å². The van der Waals surface area contributed by atoms with E-state index in [1.54, 1.807) is 24.6 Å². The molecule has 0 unspecified atom stereocenters. The van der Waals surface area contributed by atoms with E-state index in [1.807, 2.05) is 36.7 Å². The quantitative estimate of drug-likeness (QED) is 0.451. The van der Waals surface area contributed by atoms with Crippen molar-refractivity contribution in [1.29, 1.82) is 0 Å². The molecule has 4 aromatic heterocycles. The number of pyridine rings is 1. The molecule has 1 saturated heterocycles. The van der Waals surface area contributed by atoms with Crippen LogP contribution in [0.25, 0.3) is 16.8 Å². The van der Waals surface area contributed by atoms with Gasteiger partial charge in [-0.05, 0) is 50.7 Å². The van der Waals surface area contributed by atoms with Gasteiger partial charge in [0, 0.05) is 35.8 Å². The van der Waals surface area contributed by atoms with Gasteiger partial charge < -0.3 is 15.4 Å². The van der Waals surface area contributed by atoms with Gasteiger partial charge in [0.25, 0.3) is 5.19 Å². The zero-order chi connectivity index (χ0) is 23.6. The van der Waals surface area contributed by atoms with Crippen molar-refractivity contribution in [3.8, 4) is 16.5 Å². The van der Waals surface area contributed by atoms with Crippen molar-refractivity contribution >= 4 is 34.3 Å². The van der Waals surface area contributed by atoms with E-state index in [1.165, 1.54) is 4.88 Å². The number of nitrogens with two attached hydrogens (primary N) is 1. The summed E-state index contributed by atoms with van der Waals surface area (Å²) in [5.41, 5.74) is 12.4. The molecule has 2 N–H and O–H groups in total. The van der Waals surface area contributed by atoms with Crippen LogP contribution in [0.5, 0.6) is 5.19 Å². The molecular formula is C24H26ClN7OS. The molecule has 0 aromatic carbocycles. The van der Waals surface area contributed by atoms with Crippen LogP contribution in [0.15, 0.2) is 24.5 Å². The molecule has 1 atom stereocenters.